The van der Waals surface area contributed by atoms with Gasteiger partial charge in [0, 0.05) is 12.1 Å². The number of carbonyl (C=O) groups is 2. The van der Waals surface area contributed by atoms with Crippen LogP contribution in [0, 0.1) is 11.3 Å². The Labute approximate surface area is 104 Å². The highest BCUT2D eigenvalue weighted by Crippen LogP contribution is 2.09. The number of aliphatic carboxylic acids is 1. The zero-order valence-corrected chi connectivity index (χ0v) is 9.59. The lowest BCUT2D eigenvalue weighted by molar-refractivity contribution is -0.137. The Morgan fingerprint density at radius 2 is 2.00 bits per heavy atom. The zero-order chi connectivity index (χ0) is 13.5. The number of anilines is 1. The number of nitrogens with zero attached hydrogens (tertiary/aromatic N) is 1. The van der Waals surface area contributed by atoms with Gasteiger partial charge in [-0.1, -0.05) is 0 Å². The smallest absolute Gasteiger partial charge is 0.303 e. The standard InChI is InChI=1S/C12H13N3O3/c13-7-8-1-3-9(4-2-8)15-12(18)10(14)5-6-11(16)17/h1-4,10H,5-6,14H2,(H,15,18)(H,16,17). The molecule has 1 rings (SSSR count). The molecule has 1 aromatic rings. The summed E-state index contributed by atoms with van der Waals surface area (Å²) in [5.74, 6) is -1.43. The van der Waals surface area contributed by atoms with Crippen LogP contribution in [0.5, 0.6) is 0 Å². The molecule has 0 aliphatic heterocycles. The second-order valence-corrected chi connectivity index (χ2v) is 3.72. The minimum absolute atomic E-state index is 0.0808. The van der Waals surface area contributed by atoms with E-state index in [0.29, 0.717) is 11.3 Å². The number of nitrogens with one attached hydrogen (secondary N) is 1. The van der Waals surface area contributed by atoms with Gasteiger partial charge >= 0.3 is 5.97 Å². The number of amides is 1. The molecule has 0 aliphatic carbocycles. The fourth-order valence-electron chi connectivity index (χ4n) is 1.27. The van der Waals surface area contributed by atoms with Crippen LogP contribution in [0.3, 0.4) is 0 Å². The third kappa shape index (κ3) is 4.23. The van der Waals surface area contributed by atoms with Gasteiger partial charge in [0.05, 0.1) is 17.7 Å². The first kappa shape index (κ1) is 13.7. The number of benzene rings is 1. The van der Waals surface area contributed by atoms with E-state index in [2.05, 4.69) is 5.32 Å². The van der Waals surface area contributed by atoms with Crippen LogP contribution in [-0.4, -0.2) is 23.0 Å². The molecule has 1 amide bonds. The Hall–Kier alpha value is -2.39. The van der Waals surface area contributed by atoms with Crippen molar-refractivity contribution in [2.75, 3.05) is 5.32 Å². The number of carbonyl (C=O) groups excluding carboxylic acids is 1. The number of carboxylic acid groups (broad SMARTS) is 1. The average molecular weight is 247 g/mol. The summed E-state index contributed by atoms with van der Waals surface area (Å²) in [6.45, 7) is 0. The molecule has 6 nitrogen and oxygen atoms in total. The monoisotopic (exact) mass is 247 g/mol. The molecule has 0 spiro atoms. The van der Waals surface area contributed by atoms with E-state index in [1.54, 1.807) is 24.3 Å². The fraction of sp³-hybridized carbons (Fsp3) is 0.250. The van der Waals surface area contributed by atoms with Gasteiger partial charge in [-0.15, -0.1) is 0 Å². The summed E-state index contributed by atoms with van der Waals surface area (Å²) in [4.78, 5) is 21.9. The van der Waals surface area contributed by atoms with Gasteiger partial charge in [0.2, 0.25) is 5.91 Å². The minimum atomic E-state index is -0.989. The molecule has 0 aliphatic rings. The number of hydrogen-bond acceptors (Lipinski definition) is 4. The summed E-state index contributed by atoms with van der Waals surface area (Å²) in [7, 11) is 0. The Morgan fingerprint density at radius 3 is 2.50 bits per heavy atom. The van der Waals surface area contributed by atoms with Crippen LogP contribution >= 0.6 is 0 Å². The fourth-order valence-corrected chi connectivity index (χ4v) is 1.27. The Morgan fingerprint density at radius 1 is 1.39 bits per heavy atom. The summed E-state index contributed by atoms with van der Waals surface area (Å²) in [5, 5.41) is 19.6. The third-order valence-electron chi connectivity index (χ3n) is 2.29. The van der Waals surface area contributed by atoms with Crippen molar-refractivity contribution in [2.24, 2.45) is 5.73 Å². The van der Waals surface area contributed by atoms with Crippen LogP contribution in [0.1, 0.15) is 18.4 Å². The van der Waals surface area contributed by atoms with E-state index in [0.717, 1.165) is 0 Å². The molecular weight excluding hydrogens is 234 g/mol. The number of nitrogens with two attached hydrogens (primary N) is 1. The first-order valence-corrected chi connectivity index (χ1v) is 5.31. The van der Waals surface area contributed by atoms with Crippen LogP contribution in [-0.2, 0) is 9.59 Å². The topological polar surface area (TPSA) is 116 Å². The van der Waals surface area contributed by atoms with Crippen molar-refractivity contribution in [3.8, 4) is 6.07 Å². The maximum Gasteiger partial charge on any atom is 0.303 e. The Kier molecular flexibility index (Phi) is 4.84. The SMILES string of the molecule is N#Cc1ccc(NC(=O)C(N)CCC(=O)O)cc1. The van der Waals surface area contributed by atoms with Crippen molar-refractivity contribution >= 4 is 17.6 Å². The van der Waals surface area contributed by atoms with Crippen LogP contribution in [0.25, 0.3) is 0 Å². The largest absolute Gasteiger partial charge is 0.481 e. The number of rotatable bonds is 5. The minimum Gasteiger partial charge on any atom is -0.481 e. The molecule has 0 aromatic heterocycles. The van der Waals surface area contributed by atoms with Gasteiger partial charge < -0.3 is 16.2 Å². The highest BCUT2D eigenvalue weighted by molar-refractivity contribution is 5.94. The molecular formula is C12H13N3O3. The predicted octanol–water partition coefficient (Wildman–Crippen LogP) is 0.689. The summed E-state index contributed by atoms with van der Waals surface area (Å²) in [6, 6.07) is 7.40. The molecule has 0 saturated heterocycles. The maximum absolute atomic E-state index is 11.6. The highest BCUT2D eigenvalue weighted by Gasteiger charge is 2.14. The van der Waals surface area contributed by atoms with E-state index in [1.807, 2.05) is 6.07 Å². The summed E-state index contributed by atoms with van der Waals surface area (Å²) < 4.78 is 0. The third-order valence-corrected chi connectivity index (χ3v) is 2.29. The Bertz CT molecular complexity index is 476. The lowest BCUT2D eigenvalue weighted by Gasteiger charge is -2.11. The molecule has 0 heterocycles. The van der Waals surface area contributed by atoms with Crippen molar-refractivity contribution in [1.29, 1.82) is 5.26 Å². The van der Waals surface area contributed by atoms with Crippen molar-refractivity contribution in [2.45, 2.75) is 18.9 Å². The van der Waals surface area contributed by atoms with E-state index in [1.165, 1.54) is 0 Å². The molecule has 0 fully saturated rings. The second-order valence-electron chi connectivity index (χ2n) is 3.72. The van der Waals surface area contributed by atoms with Crippen LogP contribution in [0.15, 0.2) is 24.3 Å². The van der Waals surface area contributed by atoms with E-state index in [4.69, 9.17) is 16.1 Å². The van der Waals surface area contributed by atoms with Gasteiger partial charge in [-0.25, -0.2) is 0 Å². The summed E-state index contributed by atoms with van der Waals surface area (Å²) in [6.07, 6.45) is -0.0700. The number of carboxylic acids is 1. The van der Waals surface area contributed by atoms with Crippen LogP contribution in [0.4, 0.5) is 5.69 Å². The highest BCUT2D eigenvalue weighted by atomic mass is 16.4. The zero-order valence-electron chi connectivity index (χ0n) is 9.59. The van der Waals surface area contributed by atoms with Crippen LogP contribution in [0.2, 0.25) is 0 Å². The number of hydrogen-bond donors (Lipinski definition) is 3. The van der Waals surface area contributed by atoms with E-state index in [-0.39, 0.29) is 12.8 Å². The van der Waals surface area contributed by atoms with Gasteiger partial charge in [0.15, 0.2) is 0 Å². The molecule has 0 saturated carbocycles. The molecule has 1 unspecified atom stereocenters. The first-order chi connectivity index (χ1) is 8.52. The number of nitriles is 1. The van der Waals surface area contributed by atoms with E-state index >= 15 is 0 Å². The molecule has 94 valence electrons. The van der Waals surface area contributed by atoms with Gasteiger partial charge in [-0.3, -0.25) is 9.59 Å². The summed E-state index contributed by atoms with van der Waals surface area (Å²) >= 11 is 0. The molecule has 1 aromatic carbocycles. The molecule has 0 bridgehead atoms. The van der Waals surface area contributed by atoms with Crippen molar-refractivity contribution in [1.82, 2.24) is 0 Å². The Balaban J connectivity index is 2.53. The summed E-state index contributed by atoms with van der Waals surface area (Å²) in [5.41, 5.74) is 6.55. The van der Waals surface area contributed by atoms with Crippen molar-refractivity contribution in [3.63, 3.8) is 0 Å². The molecule has 0 radical (unpaired) electrons. The van der Waals surface area contributed by atoms with Crippen molar-refractivity contribution < 1.29 is 14.7 Å². The van der Waals surface area contributed by atoms with Crippen molar-refractivity contribution in [3.05, 3.63) is 29.8 Å². The van der Waals surface area contributed by atoms with Gasteiger partial charge in [0.1, 0.15) is 0 Å². The lowest BCUT2D eigenvalue weighted by Crippen LogP contribution is -2.36. The lowest BCUT2D eigenvalue weighted by atomic mass is 10.1. The van der Waals surface area contributed by atoms with E-state index in [9.17, 15) is 9.59 Å². The average Bonchev–Trinajstić information content (AvgIpc) is 2.36. The quantitative estimate of drug-likeness (QED) is 0.707. The second kappa shape index (κ2) is 6.37. The predicted molar refractivity (Wildman–Crippen MR) is 64.6 cm³/mol. The van der Waals surface area contributed by atoms with E-state index < -0.39 is 17.9 Å². The van der Waals surface area contributed by atoms with Gasteiger partial charge in [-0.05, 0) is 30.7 Å². The maximum atomic E-state index is 11.6. The molecule has 1 atom stereocenters. The first-order valence-electron chi connectivity index (χ1n) is 5.31. The van der Waals surface area contributed by atoms with Crippen LogP contribution < -0.4 is 11.1 Å². The normalized spacial score (nSPS) is 11.3. The van der Waals surface area contributed by atoms with Gasteiger partial charge in [-0.2, -0.15) is 5.26 Å². The van der Waals surface area contributed by atoms with Gasteiger partial charge in [0.25, 0.3) is 0 Å². The molecule has 18 heavy (non-hydrogen) atoms. The molecule has 6 heteroatoms. The molecule has 4 N–H and O–H groups in total.